The van der Waals surface area contributed by atoms with Crippen LogP contribution in [0.5, 0.6) is 5.75 Å². The number of aliphatic hydroxyl groups is 1. The lowest BCUT2D eigenvalue weighted by Gasteiger charge is -2.32. The number of benzene rings is 2. The molecule has 1 aliphatic heterocycles. The molecule has 3 rings (SSSR count). The molecule has 206 valence electrons. The zero-order chi connectivity index (χ0) is 27.3. The summed E-state index contributed by atoms with van der Waals surface area (Å²) in [6.45, 7) is 4.22. The van der Waals surface area contributed by atoms with E-state index in [2.05, 4.69) is 17.6 Å². The van der Waals surface area contributed by atoms with Crippen LogP contribution in [0.1, 0.15) is 25.3 Å². The number of aliphatic hydroxyl groups excluding tert-OH is 1. The number of hydroxylamine groups is 1. The highest BCUT2D eigenvalue weighted by atomic mass is 16.5. The molecule has 0 radical (unpaired) electrons. The average molecular weight is 529 g/mol. The van der Waals surface area contributed by atoms with Crippen molar-refractivity contribution in [2.45, 2.75) is 44.4 Å². The number of hydrogen-bond donors (Lipinski definition) is 5. The highest BCUT2D eigenvalue weighted by molar-refractivity contribution is 5.96. The van der Waals surface area contributed by atoms with Crippen molar-refractivity contribution in [1.29, 1.82) is 0 Å². The number of carbonyl (C=O) groups excluding carboxylic acids is 3. The van der Waals surface area contributed by atoms with Gasteiger partial charge in [-0.15, -0.1) is 0 Å². The van der Waals surface area contributed by atoms with Gasteiger partial charge in [-0.25, -0.2) is 5.48 Å². The predicted octanol–water partition coefficient (Wildman–Crippen LogP) is 1.10. The van der Waals surface area contributed by atoms with Crippen molar-refractivity contribution in [3.63, 3.8) is 0 Å². The molecule has 0 saturated carbocycles. The number of anilines is 1. The second-order valence-electron chi connectivity index (χ2n) is 8.96. The largest absolute Gasteiger partial charge is 0.494 e. The standard InChI is InChI=1S/C27H36N4O7/c1-2-3-15-38-21-11-9-20(10-12-21)28-23(24(32)26(34)30-36)25(33)29-22(18-19-7-5-4-6-8-19)27(35)31-13-16-37-17-14-31/h4-12,22-24,28,32,36H,2-3,13-18H2,1H3,(H,29,33)(H,30,34). The van der Waals surface area contributed by atoms with Gasteiger partial charge >= 0.3 is 0 Å². The Morgan fingerprint density at radius 2 is 1.71 bits per heavy atom. The van der Waals surface area contributed by atoms with Crippen LogP contribution in [0.4, 0.5) is 5.69 Å². The summed E-state index contributed by atoms with van der Waals surface area (Å²) in [6, 6.07) is 13.4. The summed E-state index contributed by atoms with van der Waals surface area (Å²) < 4.78 is 11.0. The van der Waals surface area contributed by atoms with Gasteiger partial charge in [0.25, 0.3) is 5.91 Å². The van der Waals surface area contributed by atoms with E-state index >= 15 is 0 Å². The molecule has 0 spiro atoms. The summed E-state index contributed by atoms with van der Waals surface area (Å²) in [5, 5.41) is 25.2. The molecule has 1 aliphatic rings. The molecule has 0 aromatic heterocycles. The number of hydrogen-bond acceptors (Lipinski definition) is 8. The molecule has 2 aromatic rings. The Balaban J connectivity index is 1.79. The van der Waals surface area contributed by atoms with Gasteiger partial charge in [0.05, 0.1) is 19.8 Å². The van der Waals surface area contributed by atoms with Crippen molar-refractivity contribution in [2.24, 2.45) is 0 Å². The van der Waals surface area contributed by atoms with Crippen LogP contribution >= 0.6 is 0 Å². The summed E-state index contributed by atoms with van der Waals surface area (Å²) in [4.78, 5) is 40.5. The minimum atomic E-state index is -1.95. The molecule has 2 aromatic carbocycles. The second-order valence-corrected chi connectivity index (χ2v) is 8.96. The first-order valence-electron chi connectivity index (χ1n) is 12.7. The Morgan fingerprint density at radius 1 is 1.03 bits per heavy atom. The molecular formula is C27H36N4O7. The molecule has 1 fully saturated rings. The number of morpholine rings is 1. The van der Waals surface area contributed by atoms with Crippen LogP contribution in [0, 0.1) is 0 Å². The van der Waals surface area contributed by atoms with Gasteiger partial charge < -0.3 is 30.1 Å². The zero-order valence-corrected chi connectivity index (χ0v) is 21.5. The van der Waals surface area contributed by atoms with Gasteiger partial charge in [0.15, 0.2) is 6.10 Å². The Labute approximate surface area is 222 Å². The van der Waals surface area contributed by atoms with Gasteiger partial charge in [-0.1, -0.05) is 43.7 Å². The summed E-state index contributed by atoms with van der Waals surface area (Å²) >= 11 is 0. The van der Waals surface area contributed by atoms with E-state index in [1.807, 2.05) is 30.3 Å². The van der Waals surface area contributed by atoms with Crippen LogP contribution in [0.15, 0.2) is 54.6 Å². The number of amides is 3. The maximum atomic E-state index is 13.4. The van der Waals surface area contributed by atoms with Crippen LogP contribution < -0.4 is 20.9 Å². The lowest BCUT2D eigenvalue weighted by molar-refractivity contribution is -0.143. The fraction of sp³-hybridized carbons (Fsp3) is 0.444. The number of carbonyl (C=O) groups is 3. The van der Waals surface area contributed by atoms with Gasteiger partial charge in [0.2, 0.25) is 11.8 Å². The minimum Gasteiger partial charge on any atom is -0.494 e. The van der Waals surface area contributed by atoms with E-state index < -0.39 is 30.0 Å². The average Bonchev–Trinajstić information content (AvgIpc) is 2.96. The lowest BCUT2D eigenvalue weighted by Crippen LogP contribution is -2.58. The van der Waals surface area contributed by atoms with Crippen LogP contribution in [-0.4, -0.2) is 84.0 Å². The maximum absolute atomic E-state index is 13.4. The van der Waals surface area contributed by atoms with Gasteiger partial charge in [-0.2, -0.15) is 0 Å². The maximum Gasteiger partial charge on any atom is 0.274 e. The summed E-state index contributed by atoms with van der Waals surface area (Å²) in [5.74, 6) is -1.61. The quantitative estimate of drug-likeness (QED) is 0.147. The first kappa shape index (κ1) is 28.9. The molecule has 3 atom stereocenters. The SMILES string of the molecule is CCCCOc1ccc(NC(C(=O)NC(Cc2ccccc2)C(=O)N2CCOCC2)C(O)C(=O)NO)cc1. The minimum absolute atomic E-state index is 0.210. The number of nitrogens with zero attached hydrogens (tertiary/aromatic N) is 1. The van der Waals surface area contributed by atoms with E-state index in [9.17, 15) is 19.5 Å². The number of nitrogens with one attached hydrogen (secondary N) is 3. The normalized spacial score (nSPS) is 15.6. The molecule has 11 nitrogen and oxygen atoms in total. The molecular weight excluding hydrogens is 492 g/mol. The highest BCUT2D eigenvalue weighted by Gasteiger charge is 2.36. The third kappa shape index (κ3) is 8.44. The van der Waals surface area contributed by atoms with E-state index in [1.54, 1.807) is 29.2 Å². The monoisotopic (exact) mass is 528 g/mol. The molecule has 0 bridgehead atoms. The molecule has 1 saturated heterocycles. The lowest BCUT2D eigenvalue weighted by atomic mass is 10.0. The molecule has 1 heterocycles. The van der Waals surface area contributed by atoms with E-state index in [4.69, 9.17) is 14.7 Å². The predicted molar refractivity (Wildman–Crippen MR) is 140 cm³/mol. The fourth-order valence-corrected chi connectivity index (χ4v) is 3.98. The van der Waals surface area contributed by atoms with Gasteiger partial charge in [-0.3, -0.25) is 19.6 Å². The summed E-state index contributed by atoms with van der Waals surface area (Å²) in [6.07, 6.45) is 0.177. The Morgan fingerprint density at radius 3 is 2.34 bits per heavy atom. The molecule has 11 heteroatoms. The summed E-state index contributed by atoms with van der Waals surface area (Å²) in [5.41, 5.74) is 2.63. The van der Waals surface area contributed by atoms with Crippen LogP contribution in [0.2, 0.25) is 0 Å². The third-order valence-corrected chi connectivity index (χ3v) is 6.14. The Bertz CT molecular complexity index is 1030. The first-order chi connectivity index (χ1) is 18.4. The van der Waals surface area contributed by atoms with E-state index in [1.165, 1.54) is 5.48 Å². The molecule has 3 unspecified atom stereocenters. The molecule has 3 amide bonds. The highest BCUT2D eigenvalue weighted by Crippen LogP contribution is 2.18. The molecule has 5 N–H and O–H groups in total. The van der Waals surface area contributed by atoms with Gasteiger partial charge in [0.1, 0.15) is 17.8 Å². The van der Waals surface area contributed by atoms with Gasteiger partial charge in [-0.05, 0) is 36.2 Å². The topological polar surface area (TPSA) is 149 Å². The number of rotatable bonds is 13. The third-order valence-electron chi connectivity index (χ3n) is 6.14. The van der Waals surface area contributed by atoms with E-state index in [-0.39, 0.29) is 12.3 Å². The summed E-state index contributed by atoms with van der Waals surface area (Å²) in [7, 11) is 0. The van der Waals surface area contributed by atoms with Crippen molar-refractivity contribution in [3.05, 3.63) is 60.2 Å². The van der Waals surface area contributed by atoms with Crippen LogP contribution in [0.25, 0.3) is 0 Å². The number of ether oxygens (including phenoxy) is 2. The van der Waals surface area contributed by atoms with Crippen LogP contribution in [-0.2, 0) is 25.5 Å². The van der Waals surface area contributed by atoms with Crippen molar-refractivity contribution >= 4 is 23.4 Å². The molecule has 0 aliphatic carbocycles. The van der Waals surface area contributed by atoms with E-state index in [0.717, 1.165) is 18.4 Å². The Kier molecular flexibility index (Phi) is 11.3. The Hall–Kier alpha value is -3.67. The zero-order valence-electron chi connectivity index (χ0n) is 21.5. The van der Waals surface area contributed by atoms with Gasteiger partial charge in [0, 0.05) is 25.2 Å². The van der Waals surface area contributed by atoms with Crippen molar-refractivity contribution in [1.82, 2.24) is 15.7 Å². The smallest absolute Gasteiger partial charge is 0.274 e. The van der Waals surface area contributed by atoms with E-state index in [0.29, 0.717) is 44.3 Å². The first-order valence-corrected chi connectivity index (χ1v) is 12.7. The van der Waals surface area contributed by atoms with Crippen molar-refractivity contribution < 1.29 is 34.2 Å². The van der Waals surface area contributed by atoms with Crippen LogP contribution in [0.3, 0.4) is 0 Å². The van der Waals surface area contributed by atoms with Crippen molar-refractivity contribution in [3.8, 4) is 5.75 Å². The number of unbranched alkanes of at least 4 members (excludes halogenated alkanes) is 1. The van der Waals surface area contributed by atoms with Crippen molar-refractivity contribution in [2.75, 3.05) is 38.2 Å². The second kappa shape index (κ2) is 14.9. The molecule has 38 heavy (non-hydrogen) atoms. The fourth-order valence-electron chi connectivity index (χ4n) is 3.98.